The van der Waals surface area contributed by atoms with Gasteiger partial charge >= 0.3 is 17.1 Å². The SMILES string of the molecule is O=c1n(Br)c(=O)n(CC2CO2)c(=O)n1CC1CO1. The van der Waals surface area contributed by atoms with Crippen LogP contribution in [0.5, 0.6) is 0 Å². The van der Waals surface area contributed by atoms with E-state index in [0.29, 0.717) is 13.2 Å². The van der Waals surface area contributed by atoms with Crippen LogP contribution in [0.4, 0.5) is 0 Å². The predicted octanol–water partition coefficient (Wildman–Crippen LogP) is -1.87. The van der Waals surface area contributed by atoms with Crippen LogP contribution >= 0.6 is 16.1 Å². The molecule has 0 amide bonds. The van der Waals surface area contributed by atoms with E-state index in [1.165, 1.54) is 0 Å². The molecule has 0 saturated carbocycles. The summed E-state index contributed by atoms with van der Waals surface area (Å²) in [6, 6.07) is 0. The average Bonchev–Trinajstić information content (AvgIpc) is 3.22. The largest absolute Gasteiger partial charge is 0.371 e. The Bertz CT molecular complexity index is 599. The summed E-state index contributed by atoms with van der Waals surface area (Å²) in [5, 5.41) is 0. The molecule has 2 aliphatic heterocycles. The van der Waals surface area contributed by atoms with Gasteiger partial charge in [0.2, 0.25) is 0 Å². The van der Waals surface area contributed by atoms with Gasteiger partial charge in [-0.05, 0) is 0 Å². The first-order chi connectivity index (χ1) is 8.58. The van der Waals surface area contributed by atoms with Crippen LogP contribution < -0.4 is 17.1 Å². The highest BCUT2D eigenvalue weighted by Gasteiger charge is 2.29. The minimum atomic E-state index is -0.687. The summed E-state index contributed by atoms with van der Waals surface area (Å²) in [6.07, 6.45) is -0.239. The zero-order valence-corrected chi connectivity index (χ0v) is 10.8. The maximum absolute atomic E-state index is 12.1. The van der Waals surface area contributed by atoms with E-state index >= 15 is 0 Å². The van der Waals surface area contributed by atoms with Crippen molar-refractivity contribution in [2.24, 2.45) is 0 Å². The van der Waals surface area contributed by atoms with E-state index in [1.807, 2.05) is 0 Å². The molecule has 2 fully saturated rings. The van der Waals surface area contributed by atoms with E-state index in [9.17, 15) is 14.4 Å². The van der Waals surface area contributed by atoms with Crippen molar-refractivity contribution >= 4 is 16.1 Å². The molecule has 0 N–H and O–H groups in total. The van der Waals surface area contributed by atoms with Crippen molar-refractivity contribution in [2.75, 3.05) is 13.2 Å². The molecule has 0 bridgehead atoms. The van der Waals surface area contributed by atoms with E-state index < -0.39 is 17.1 Å². The number of halogens is 1. The molecule has 2 aliphatic rings. The number of hydrogen-bond donors (Lipinski definition) is 0. The van der Waals surface area contributed by atoms with Gasteiger partial charge in [0.05, 0.1) is 54.7 Å². The van der Waals surface area contributed by atoms with Crippen molar-refractivity contribution in [1.29, 1.82) is 0 Å². The van der Waals surface area contributed by atoms with Gasteiger partial charge in [0.1, 0.15) is 0 Å². The van der Waals surface area contributed by atoms with E-state index in [1.54, 1.807) is 0 Å². The van der Waals surface area contributed by atoms with Crippen LogP contribution in [-0.4, -0.2) is 38.1 Å². The lowest BCUT2D eigenvalue weighted by molar-refractivity contribution is 0.351. The first kappa shape index (κ1) is 11.9. The summed E-state index contributed by atoms with van der Waals surface area (Å²) in [5.74, 6) is 0. The predicted molar refractivity (Wildman–Crippen MR) is 63.0 cm³/mol. The van der Waals surface area contributed by atoms with Crippen molar-refractivity contribution in [3.05, 3.63) is 31.5 Å². The zero-order valence-electron chi connectivity index (χ0n) is 9.24. The Morgan fingerprint density at radius 2 is 1.33 bits per heavy atom. The normalized spacial score (nSPS) is 25.2. The van der Waals surface area contributed by atoms with Crippen LogP contribution in [-0.2, 0) is 22.6 Å². The zero-order chi connectivity index (χ0) is 12.9. The maximum Gasteiger partial charge on any atom is 0.346 e. The Morgan fingerprint density at radius 3 is 1.67 bits per heavy atom. The molecule has 1 aromatic heterocycles. The summed E-state index contributed by atoms with van der Waals surface area (Å²) in [6.45, 7) is 1.38. The fraction of sp³-hybridized carbons (Fsp3) is 0.667. The van der Waals surface area contributed by atoms with Gasteiger partial charge in [0, 0.05) is 0 Å². The molecule has 0 aliphatic carbocycles. The molecule has 3 rings (SSSR count). The van der Waals surface area contributed by atoms with Gasteiger partial charge in [-0.3, -0.25) is 0 Å². The third kappa shape index (κ3) is 2.08. The van der Waals surface area contributed by atoms with Crippen LogP contribution in [0.1, 0.15) is 0 Å². The molecule has 1 aromatic rings. The quantitative estimate of drug-likeness (QED) is 0.606. The minimum absolute atomic E-state index is 0.119. The number of nitrogens with zero attached hydrogens (tertiary/aromatic N) is 3. The molecular formula is C9H10BrN3O5. The van der Waals surface area contributed by atoms with Crippen LogP contribution in [0.3, 0.4) is 0 Å². The van der Waals surface area contributed by atoms with Crippen LogP contribution in [0.15, 0.2) is 14.4 Å². The molecule has 0 aromatic carbocycles. The molecule has 98 valence electrons. The molecule has 2 atom stereocenters. The van der Waals surface area contributed by atoms with Crippen molar-refractivity contribution in [3.63, 3.8) is 0 Å². The summed E-state index contributed by atoms with van der Waals surface area (Å²) in [7, 11) is 0. The van der Waals surface area contributed by atoms with Gasteiger partial charge in [0.15, 0.2) is 0 Å². The summed E-state index contributed by atoms with van der Waals surface area (Å²) in [4.78, 5) is 35.7. The van der Waals surface area contributed by atoms with Gasteiger partial charge < -0.3 is 9.47 Å². The Hall–Kier alpha value is -1.19. The van der Waals surface area contributed by atoms with Gasteiger partial charge in [-0.15, -0.1) is 0 Å². The van der Waals surface area contributed by atoms with Crippen molar-refractivity contribution < 1.29 is 9.47 Å². The third-order valence-electron chi connectivity index (χ3n) is 2.84. The van der Waals surface area contributed by atoms with Gasteiger partial charge in [-0.25, -0.2) is 23.5 Å². The molecule has 0 spiro atoms. The highest BCUT2D eigenvalue weighted by molar-refractivity contribution is 9.08. The lowest BCUT2D eigenvalue weighted by atomic mass is 10.4. The van der Waals surface area contributed by atoms with Crippen LogP contribution in [0.25, 0.3) is 0 Å². The molecule has 0 radical (unpaired) electrons. The number of epoxide rings is 2. The highest BCUT2D eigenvalue weighted by Crippen LogP contribution is 2.10. The molecular weight excluding hydrogens is 310 g/mol. The average molecular weight is 320 g/mol. The van der Waals surface area contributed by atoms with Crippen molar-refractivity contribution in [3.8, 4) is 0 Å². The Kier molecular flexibility index (Phi) is 2.76. The monoisotopic (exact) mass is 319 g/mol. The van der Waals surface area contributed by atoms with E-state index in [0.717, 1.165) is 12.7 Å². The number of ether oxygens (including phenoxy) is 2. The Balaban J connectivity index is 2.11. The highest BCUT2D eigenvalue weighted by atomic mass is 79.9. The molecule has 9 heteroatoms. The lowest BCUT2D eigenvalue weighted by Gasteiger charge is -2.08. The molecule has 2 saturated heterocycles. The smallest absolute Gasteiger partial charge is 0.346 e. The second-order valence-corrected chi connectivity index (χ2v) is 4.97. The Morgan fingerprint density at radius 1 is 0.944 bits per heavy atom. The van der Waals surface area contributed by atoms with E-state index in [-0.39, 0.29) is 25.3 Å². The first-order valence-electron chi connectivity index (χ1n) is 5.44. The van der Waals surface area contributed by atoms with Gasteiger partial charge in [0.25, 0.3) is 0 Å². The second-order valence-electron chi connectivity index (χ2n) is 4.26. The standard InChI is InChI=1S/C9H10BrN3O5/c10-13-8(15)11(1-5-3-17-5)7(14)12(9(13)16)2-6-4-18-6/h5-6H,1-4H2. The topological polar surface area (TPSA) is 91.1 Å². The maximum atomic E-state index is 12.1. The number of aromatic nitrogens is 3. The van der Waals surface area contributed by atoms with Gasteiger partial charge in [-0.2, -0.15) is 3.59 Å². The second kappa shape index (κ2) is 4.18. The fourth-order valence-electron chi connectivity index (χ4n) is 1.67. The first-order valence-corrected chi connectivity index (χ1v) is 6.15. The number of hydrogen-bond acceptors (Lipinski definition) is 5. The Labute approximate surface area is 109 Å². The fourth-order valence-corrected chi connectivity index (χ4v) is 2.05. The molecule has 18 heavy (non-hydrogen) atoms. The summed E-state index contributed by atoms with van der Waals surface area (Å²) >= 11 is 2.87. The van der Waals surface area contributed by atoms with Crippen molar-refractivity contribution in [2.45, 2.75) is 25.3 Å². The molecule has 3 heterocycles. The van der Waals surface area contributed by atoms with Crippen LogP contribution in [0.2, 0.25) is 0 Å². The summed E-state index contributed by atoms with van der Waals surface area (Å²) in [5.41, 5.74) is -1.99. The molecule has 8 nitrogen and oxygen atoms in total. The van der Waals surface area contributed by atoms with E-state index in [4.69, 9.17) is 9.47 Å². The van der Waals surface area contributed by atoms with Crippen LogP contribution in [0, 0.1) is 0 Å². The number of rotatable bonds is 4. The summed E-state index contributed by atoms with van der Waals surface area (Å²) < 4.78 is 12.7. The van der Waals surface area contributed by atoms with Crippen molar-refractivity contribution in [1.82, 2.24) is 12.7 Å². The van der Waals surface area contributed by atoms with E-state index in [2.05, 4.69) is 16.1 Å². The molecule has 2 unspecified atom stereocenters. The lowest BCUT2D eigenvalue weighted by Crippen LogP contribution is -2.53. The van der Waals surface area contributed by atoms with Gasteiger partial charge in [-0.1, -0.05) is 0 Å². The minimum Gasteiger partial charge on any atom is -0.371 e. The third-order valence-corrected chi connectivity index (χ3v) is 3.44.